The number of thioether (sulfide) groups is 1. The Morgan fingerprint density at radius 1 is 1.12 bits per heavy atom. The van der Waals surface area contributed by atoms with Crippen molar-refractivity contribution in [2.24, 2.45) is 0 Å². The predicted molar refractivity (Wildman–Crippen MR) is 116 cm³/mol. The van der Waals surface area contributed by atoms with E-state index in [9.17, 15) is 13.6 Å². The lowest BCUT2D eigenvalue weighted by molar-refractivity contribution is -0.113. The topological polar surface area (TPSA) is 82.2 Å². The monoisotopic (exact) mass is 456 g/mol. The molecule has 0 aliphatic rings. The predicted octanol–water partition coefficient (Wildman–Crippen LogP) is 5.17. The quantitative estimate of drug-likeness (QED) is 0.369. The molecule has 7 nitrogen and oxygen atoms in total. The molecule has 1 N–H and O–H groups in total. The van der Waals surface area contributed by atoms with Gasteiger partial charge >= 0.3 is 6.61 Å². The van der Waals surface area contributed by atoms with Crippen molar-refractivity contribution in [2.45, 2.75) is 18.7 Å². The molecule has 164 valence electrons. The largest absolute Gasteiger partial charge is 0.469 e. The molecular formula is C22H18F2N4O3S. The molecule has 10 heteroatoms. The first-order chi connectivity index (χ1) is 15.5. The van der Waals surface area contributed by atoms with E-state index in [4.69, 9.17) is 4.42 Å². The number of rotatable bonds is 8. The Balaban J connectivity index is 1.55. The summed E-state index contributed by atoms with van der Waals surface area (Å²) in [6.45, 7) is -1.16. The minimum atomic E-state index is -2.99. The number of benzene rings is 2. The zero-order valence-electron chi connectivity index (χ0n) is 16.9. The lowest BCUT2D eigenvalue weighted by Gasteiger charge is -2.12. The molecule has 4 rings (SSSR count). The van der Waals surface area contributed by atoms with Crippen molar-refractivity contribution in [2.75, 3.05) is 11.1 Å². The number of aryl methyl sites for hydroxylation is 1. The number of nitrogens with one attached hydrogen (secondary N) is 1. The van der Waals surface area contributed by atoms with E-state index >= 15 is 0 Å². The summed E-state index contributed by atoms with van der Waals surface area (Å²) in [5, 5.41) is 11.7. The van der Waals surface area contributed by atoms with Crippen LogP contribution >= 0.6 is 11.8 Å². The summed E-state index contributed by atoms with van der Waals surface area (Å²) in [6.07, 6.45) is 1.58. The highest BCUT2D eigenvalue weighted by Gasteiger charge is 2.20. The van der Waals surface area contributed by atoms with Crippen molar-refractivity contribution in [1.29, 1.82) is 0 Å². The average Bonchev–Trinajstić information content (AvgIpc) is 3.39. The van der Waals surface area contributed by atoms with Gasteiger partial charge in [0.05, 0.1) is 23.3 Å². The van der Waals surface area contributed by atoms with Gasteiger partial charge in [0, 0.05) is 5.69 Å². The fourth-order valence-corrected chi connectivity index (χ4v) is 3.80. The fourth-order valence-electron chi connectivity index (χ4n) is 3.05. The van der Waals surface area contributed by atoms with Crippen LogP contribution in [0.3, 0.4) is 0 Å². The fraction of sp³-hybridized carbons (Fsp3) is 0.136. The van der Waals surface area contributed by atoms with E-state index in [2.05, 4.69) is 20.3 Å². The maximum Gasteiger partial charge on any atom is 0.387 e. The molecule has 0 aliphatic heterocycles. The number of carbonyl (C=O) groups excluding carboxylic acids is 1. The highest BCUT2D eigenvalue weighted by molar-refractivity contribution is 7.99. The van der Waals surface area contributed by atoms with Crippen molar-refractivity contribution in [3.05, 3.63) is 72.7 Å². The molecular weight excluding hydrogens is 438 g/mol. The van der Waals surface area contributed by atoms with Crippen molar-refractivity contribution < 1.29 is 22.7 Å². The molecule has 0 aliphatic carbocycles. The van der Waals surface area contributed by atoms with Gasteiger partial charge in [-0.15, -0.1) is 10.2 Å². The maximum atomic E-state index is 12.6. The minimum Gasteiger partial charge on any atom is -0.469 e. The van der Waals surface area contributed by atoms with Crippen molar-refractivity contribution in [3.8, 4) is 22.8 Å². The summed E-state index contributed by atoms with van der Waals surface area (Å²) in [5.74, 6) is 0.758. The molecule has 0 fully saturated rings. The number of amides is 1. The van der Waals surface area contributed by atoms with Crippen LogP contribution in [0.2, 0.25) is 0 Å². The van der Waals surface area contributed by atoms with Crippen LogP contribution in [0.5, 0.6) is 5.75 Å². The molecule has 1 amide bonds. The molecule has 0 atom stereocenters. The first-order valence-electron chi connectivity index (χ1n) is 9.54. The lowest BCUT2D eigenvalue weighted by atomic mass is 10.2. The molecule has 0 bridgehead atoms. The van der Waals surface area contributed by atoms with Crippen molar-refractivity contribution >= 4 is 23.4 Å². The molecule has 0 unspecified atom stereocenters. The normalized spacial score (nSPS) is 11.0. The second-order valence-electron chi connectivity index (χ2n) is 6.58. The molecule has 0 spiro atoms. The van der Waals surface area contributed by atoms with E-state index in [1.54, 1.807) is 24.5 Å². The highest BCUT2D eigenvalue weighted by Crippen LogP contribution is 2.31. The number of furan rings is 1. The number of halogens is 2. The third-order valence-corrected chi connectivity index (χ3v) is 5.39. The Bertz CT molecular complexity index is 1210. The number of hydrogen-bond acceptors (Lipinski definition) is 6. The summed E-state index contributed by atoms with van der Waals surface area (Å²) < 4.78 is 36.9. The Labute approximate surface area is 186 Å². The Morgan fingerprint density at radius 3 is 2.59 bits per heavy atom. The maximum absolute atomic E-state index is 12.6. The van der Waals surface area contributed by atoms with Crippen LogP contribution in [0, 0.1) is 6.92 Å². The van der Waals surface area contributed by atoms with E-state index < -0.39 is 12.5 Å². The van der Waals surface area contributed by atoms with Crippen LogP contribution in [0.25, 0.3) is 17.1 Å². The van der Waals surface area contributed by atoms with Gasteiger partial charge in [-0.05, 0) is 37.3 Å². The van der Waals surface area contributed by atoms with E-state index in [-0.39, 0.29) is 17.2 Å². The third kappa shape index (κ3) is 4.80. The van der Waals surface area contributed by atoms with E-state index in [0.29, 0.717) is 16.7 Å². The van der Waals surface area contributed by atoms with Crippen molar-refractivity contribution in [1.82, 2.24) is 14.8 Å². The number of para-hydroxylation sites is 3. The van der Waals surface area contributed by atoms with Crippen LogP contribution in [-0.2, 0) is 4.79 Å². The summed E-state index contributed by atoms with van der Waals surface area (Å²) in [6, 6.07) is 17.3. The van der Waals surface area contributed by atoms with Gasteiger partial charge in [-0.3, -0.25) is 9.36 Å². The number of hydrogen-bond donors (Lipinski definition) is 1. The highest BCUT2D eigenvalue weighted by atomic mass is 32.2. The standard InChI is InChI=1S/C22H18F2N4O3S/c1-14-16(11-12-30-14)20-26-27-22(28(20)15-7-3-2-4-8-15)32-13-19(29)25-17-9-5-6-10-18(17)31-21(23)24/h2-12,21H,13H2,1H3,(H,25,29). The van der Waals surface area contributed by atoms with Gasteiger partial charge in [0.15, 0.2) is 11.0 Å². The zero-order valence-corrected chi connectivity index (χ0v) is 17.7. The third-order valence-electron chi connectivity index (χ3n) is 4.46. The van der Waals surface area contributed by atoms with Gasteiger partial charge in [0.2, 0.25) is 5.91 Å². The smallest absolute Gasteiger partial charge is 0.387 e. The van der Waals surface area contributed by atoms with Crippen molar-refractivity contribution in [3.63, 3.8) is 0 Å². The zero-order chi connectivity index (χ0) is 22.5. The Morgan fingerprint density at radius 2 is 1.88 bits per heavy atom. The summed E-state index contributed by atoms with van der Waals surface area (Å²) in [4.78, 5) is 12.5. The number of anilines is 1. The SMILES string of the molecule is Cc1occc1-c1nnc(SCC(=O)Nc2ccccc2OC(F)F)n1-c1ccccc1. The van der Waals surface area contributed by atoms with E-state index in [1.807, 2.05) is 41.8 Å². The van der Waals surface area contributed by atoms with E-state index in [1.165, 1.54) is 23.9 Å². The summed E-state index contributed by atoms with van der Waals surface area (Å²) in [7, 11) is 0. The van der Waals surface area contributed by atoms with Gasteiger partial charge in [0.25, 0.3) is 0 Å². The van der Waals surface area contributed by atoms with Gasteiger partial charge in [0.1, 0.15) is 11.5 Å². The number of ether oxygens (including phenoxy) is 1. The average molecular weight is 456 g/mol. The van der Waals surface area contributed by atoms with E-state index in [0.717, 1.165) is 11.3 Å². The van der Waals surface area contributed by atoms with Crippen LogP contribution in [-0.4, -0.2) is 33.0 Å². The molecule has 32 heavy (non-hydrogen) atoms. The number of alkyl halides is 2. The molecule has 0 saturated heterocycles. The number of carbonyl (C=O) groups is 1. The molecule has 0 saturated carbocycles. The minimum absolute atomic E-state index is 0.0155. The first-order valence-corrected chi connectivity index (χ1v) is 10.5. The molecule has 4 aromatic rings. The molecule has 0 radical (unpaired) electrons. The van der Waals surface area contributed by atoms with Gasteiger partial charge < -0.3 is 14.5 Å². The second-order valence-corrected chi connectivity index (χ2v) is 7.52. The van der Waals surface area contributed by atoms with Gasteiger partial charge in [-0.2, -0.15) is 8.78 Å². The Kier molecular flexibility index (Phi) is 6.50. The summed E-state index contributed by atoms with van der Waals surface area (Å²) in [5.41, 5.74) is 1.78. The molecule has 2 aromatic carbocycles. The second kappa shape index (κ2) is 9.65. The lowest BCUT2D eigenvalue weighted by Crippen LogP contribution is -2.16. The first kappa shape index (κ1) is 21.6. The van der Waals surface area contributed by atoms with Crippen LogP contribution in [0.1, 0.15) is 5.76 Å². The Hall–Kier alpha value is -3.66. The van der Waals surface area contributed by atoms with Gasteiger partial charge in [-0.25, -0.2) is 0 Å². The molecule has 2 aromatic heterocycles. The molecule has 2 heterocycles. The summed E-state index contributed by atoms with van der Waals surface area (Å²) >= 11 is 1.17. The number of aromatic nitrogens is 3. The van der Waals surface area contributed by atoms with Crippen LogP contribution < -0.4 is 10.1 Å². The van der Waals surface area contributed by atoms with Crippen LogP contribution in [0.4, 0.5) is 14.5 Å². The van der Waals surface area contributed by atoms with Crippen LogP contribution in [0.15, 0.2) is 76.5 Å². The van der Waals surface area contributed by atoms with Gasteiger partial charge in [-0.1, -0.05) is 42.1 Å². The number of nitrogens with zero attached hydrogens (tertiary/aromatic N) is 3.